The highest BCUT2D eigenvalue weighted by atomic mass is 19.1. The minimum atomic E-state index is -0.573. The van der Waals surface area contributed by atoms with Crippen molar-refractivity contribution in [2.75, 3.05) is 39.3 Å². The summed E-state index contributed by atoms with van der Waals surface area (Å²) in [5.74, 6) is -1.18. The first-order chi connectivity index (χ1) is 18.0. The second-order valence-electron chi connectivity index (χ2n) is 9.61. The molecule has 0 N–H and O–H groups in total. The number of likely N-dealkylation sites (tertiary alicyclic amines) is 1. The zero-order valence-corrected chi connectivity index (χ0v) is 20.2. The Morgan fingerprint density at radius 1 is 0.757 bits per heavy atom. The van der Waals surface area contributed by atoms with E-state index in [1.54, 1.807) is 33.9 Å². The first-order valence-corrected chi connectivity index (χ1v) is 12.4. The maximum atomic E-state index is 15.1. The molecule has 0 bridgehead atoms. The SMILES string of the molecule is O=C(c1ccccc1)N1CCN(C2CN(C(=O)c3cc4ccn(-c5ccc(F)cc5)c4cc3F)C2)CC1. The van der Waals surface area contributed by atoms with Crippen LogP contribution in [0.3, 0.4) is 0 Å². The van der Waals surface area contributed by atoms with Gasteiger partial charge in [0.1, 0.15) is 11.6 Å². The molecule has 4 aromatic rings. The van der Waals surface area contributed by atoms with Crippen molar-refractivity contribution in [1.29, 1.82) is 0 Å². The summed E-state index contributed by atoms with van der Waals surface area (Å²) >= 11 is 0. The highest BCUT2D eigenvalue weighted by Crippen LogP contribution is 2.27. The molecular weight excluding hydrogens is 474 g/mol. The van der Waals surface area contributed by atoms with E-state index in [1.165, 1.54) is 18.2 Å². The first kappa shape index (κ1) is 23.4. The fourth-order valence-electron chi connectivity index (χ4n) is 5.22. The standard InChI is InChI=1S/C29H26F2N4O2/c30-22-6-8-23(9-7-22)35-11-10-21-16-25(26(31)17-27(21)35)29(37)34-18-24(19-34)32-12-14-33(15-13-32)28(36)20-4-2-1-3-5-20/h1-11,16-17,24H,12-15,18-19H2. The predicted octanol–water partition coefficient (Wildman–Crippen LogP) is 4.19. The molecule has 37 heavy (non-hydrogen) atoms. The van der Waals surface area contributed by atoms with Crippen LogP contribution >= 0.6 is 0 Å². The molecule has 2 saturated heterocycles. The van der Waals surface area contributed by atoms with E-state index in [0.29, 0.717) is 42.9 Å². The Hall–Kier alpha value is -4.04. The van der Waals surface area contributed by atoms with Crippen LogP contribution in [0.2, 0.25) is 0 Å². The lowest BCUT2D eigenvalue weighted by atomic mass is 10.0. The Labute approximate surface area is 213 Å². The number of fused-ring (bicyclic) bond motifs is 1. The van der Waals surface area contributed by atoms with Crippen LogP contribution in [0.5, 0.6) is 0 Å². The van der Waals surface area contributed by atoms with Crippen molar-refractivity contribution >= 4 is 22.7 Å². The van der Waals surface area contributed by atoms with E-state index in [9.17, 15) is 14.0 Å². The van der Waals surface area contributed by atoms with Gasteiger partial charge in [-0.1, -0.05) is 18.2 Å². The van der Waals surface area contributed by atoms with Crippen molar-refractivity contribution < 1.29 is 18.4 Å². The average molecular weight is 501 g/mol. The number of piperazine rings is 1. The van der Waals surface area contributed by atoms with Gasteiger partial charge in [-0.3, -0.25) is 14.5 Å². The molecule has 0 spiro atoms. The summed E-state index contributed by atoms with van der Waals surface area (Å²) in [4.78, 5) is 31.6. The van der Waals surface area contributed by atoms with E-state index in [1.807, 2.05) is 41.3 Å². The lowest BCUT2D eigenvalue weighted by Gasteiger charge is -2.48. The van der Waals surface area contributed by atoms with Gasteiger partial charge < -0.3 is 14.4 Å². The fraction of sp³-hybridized carbons (Fsp3) is 0.241. The molecular formula is C29H26F2N4O2. The topological polar surface area (TPSA) is 48.8 Å². The van der Waals surface area contributed by atoms with Crippen molar-refractivity contribution in [3.05, 3.63) is 102 Å². The summed E-state index contributed by atoms with van der Waals surface area (Å²) in [5.41, 5.74) is 2.08. The van der Waals surface area contributed by atoms with Crippen molar-refractivity contribution in [3.63, 3.8) is 0 Å². The van der Waals surface area contributed by atoms with Gasteiger partial charge in [0.25, 0.3) is 11.8 Å². The molecule has 2 amide bonds. The number of nitrogens with zero attached hydrogens (tertiary/aromatic N) is 4. The van der Waals surface area contributed by atoms with Crippen molar-refractivity contribution in [2.24, 2.45) is 0 Å². The van der Waals surface area contributed by atoms with E-state index in [-0.39, 0.29) is 29.2 Å². The largest absolute Gasteiger partial charge is 0.336 e. The Balaban J connectivity index is 1.08. The van der Waals surface area contributed by atoms with Gasteiger partial charge >= 0.3 is 0 Å². The minimum absolute atomic E-state index is 0.0461. The van der Waals surface area contributed by atoms with Crippen LogP contribution in [0.4, 0.5) is 8.78 Å². The molecule has 8 heteroatoms. The molecule has 0 aliphatic carbocycles. The predicted molar refractivity (Wildman–Crippen MR) is 137 cm³/mol. The van der Waals surface area contributed by atoms with Gasteiger partial charge in [-0.15, -0.1) is 0 Å². The molecule has 0 unspecified atom stereocenters. The molecule has 1 aromatic heterocycles. The number of carbonyl (C=O) groups excluding carboxylic acids is 2. The lowest BCUT2D eigenvalue weighted by Crippen LogP contribution is -2.64. The van der Waals surface area contributed by atoms with Crippen LogP contribution in [0.25, 0.3) is 16.6 Å². The van der Waals surface area contributed by atoms with Crippen molar-refractivity contribution in [1.82, 2.24) is 19.3 Å². The van der Waals surface area contributed by atoms with Gasteiger partial charge in [0.2, 0.25) is 0 Å². The molecule has 2 aliphatic rings. The average Bonchev–Trinajstić information content (AvgIpc) is 3.31. The van der Waals surface area contributed by atoms with Gasteiger partial charge in [0, 0.05) is 68.1 Å². The summed E-state index contributed by atoms with van der Waals surface area (Å²) in [6, 6.07) is 20.3. The Morgan fingerprint density at radius 2 is 1.46 bits per heavy atom. The Kier molecular flexibility index (Phi) is 5.96. The summed E-state index contributed by atoms with van der Waals surface area (Å²) in [7, 11) is 0. The summed E-state index contributed by atoms with van der Waals surface area (Å²) < 4.78 is 30.1. The second kappa shape index (κ2) is 9.44. The third-order valence-corrected chi connectivity index (χ3v) is 7.40. The van der Waals surface area contributed by atoms with Crippen molar-refractivity contribution in [2.45, 2.75) is 6.04 Å². The maximum absolute atomic E-state index is 15.1. The van der Waals surface area contributed by atoms with Gasteiger partial charge in [-0.05, 0) is 54.6 Å². The molecule has 3 heterocycles. The number of rotatable bonds is 4. The molecule has 2 aliphatic heterocycles. The van der Waals surface area contributed by atoms with Gasteiger partial charge in [-0.2, -0.15) is 0 Å². The van der Waals surface area contributed by atoms with E-state index in [0.717, 1.165) is 18.5 Å². The Bertz CT molecular complexity index is 1450. The third-order valence-electron chi connectivity index (χ3n) is 7.40. The van der Waals surface area contributed by atoms with Crippen LogP contribution in [-0.2, 0) is 0 Å². The molecule has 0 saturated carbocycles. The normalized spacial score (nSPS) is 16.7. The van der Waals surface area contributed by atoms with Crippen LogP contribution in [-0.4, -0.2) is 76.4 Å². The molecule has 0 radical (unpaired) electrons. The zero-order chi connectivity index (χ0) is 25.5. The Morgan fingerprint density at radius 3 is 2.16 bits per heavy atom. The second-order valence-corrected chi connectivity index (χ2v) is 9.61. The van der Waals surface area contributed by atoms with E-state index in [2.05, 4.69) is 4.90 Å². The molecule has 6 nitrogen and oxygen atoms in total. The van der Waals surface area contributed by atoms with Crippen LogP contribution in [0.15, 0.2) is 79.0 Å². The molecule has 188 valence electrons. The monoisotopic (exact) mass is 500 g/mol. The fourth-order valence-corrected chi connectivity index (χ4v) is 5.22. The number of benzene rings is 3. The third kappa shape index (κ3) is 4.38. The highest BCUT2D eigenvalue weighted by Gasteiger charge is 2.37. The van der Waals surface area contributed by atoms with E-state index < -0.39 is 5.82 Å². The maximum Gasteiger partial charge on any atom is 0.256 e. The van der Waals surface area contributed by atoms with Gasteiger partial charge in [0.05, 0.1) is 11.1 Å². The van der Waals surface area contributed by atoms with E-state index >= 15 is 4.39 Å². The molecule has 3 aromatic carbocycles. The first-order valence-electron chi connectivity index (χ1n) is 12.4. The van der Waals surface area contributed by atoms with Crippen molar-refractivity contribution in [3.8, 4) is 5.69 Å². The van der Waals surface area contributed by atoms with E-state index in [4.69, 9.17) is 0 Å². The number of hydrogen-bond donors (Lipinski definition) is 0. The number of aromatic nitrogens is 1. The van der Waals surface area contributed by atoms with Crippen LogP contribution < -0.4 is 0 Å². The summed E-state index contributed by atoms with van der Waals surface area (Å²) in [6.45, 7) is 3.88. The minimum Gasteiger partial charge on any atom is -0.336 e. The van der Waals surface area contributed by atoms with Gasteiger partial charge in [0.15, 0.2) is 0 Å². The summed E-state index contributed by atoms with van der Waals surface area (Å²) in [5, 5.41) is 0.741. The number of carbonyl (C=O) groups is 2. The molecule has 2 fully saturated rings. The molecule has 0 atom stereocenters. The van der Waals surface area contributed by atoms with Crippen LogP contribution in [0, 0.1) is 11.6 Å². The number of halogens is 2. The quantitative estimate of drug-likeness (QED) is 0.422. The highest BCUT2D eigenvalue weighted by molar-refractivity contribution is 5.99. The number of hydrogen-bond acceptors (Lipinski definition) is 3. The summed E-state index contributed by atoms with van der Waals surface area (Å²) in [6.07, 6.45) is 1.79. The smallest absolute Gasteiger partial charge is 0.256 e. The van der Waals surface area contributed by atoms with Gasteiger partial charge in [-0.25, -0.2) is 8.78 Å². The lowest BCUT2D eigenvalue weighted by molar-refractivity contribution is 0.00832. The zero-order valence-electron chi connectivity index (χ0n) is 20.2. The number of amides is 2. The molecule has 6 rings (SSSR count). The van der Waals surface area contributed by atoms with Crippen LogP contribution in [0.1, 0.15) is 20.7 Å².